The Morgan fingerprint density at radius 1 is 0.907 bits per heavy atom. The average Bonchev–Trinajstić information content (AvgIpc) is 3.46. The van der Waals surface area contributed by atoms with E-state index < -0.39 is 32.5 Å². The molecule has 0 unspecified atom stereocenters. The third-order valence-electron chi connectivity index (χ3n) is 7.19. The van der Waals surface area contributed by atoms with E-state index in [0.717, 1.165) is 23.4 Å². The predicted octanol–water partition coefficient (Wildman–Crippen LogP) is 7.26. The van der Waals surface area contributed by atoms with Gasteiger partial charge in [0.1, 0.15) is 22.9 Å². The second kappa shape index (κ2) is 10.8. The summed E-state index contributed by atoms with van der Waals surface area (Å²) in [5, 5.41) is 26.2. The molecule has 4 aromatic rings. The average molecular weight is 623 g/mol. The summed E-state index contributed by atoms with van der Waals surface area (Å²) in [4.78, 5) is -0.108. The van der Waals surface area contributed by atoms with Crippen molar-refractivity contribution in [2.45, 2.75) is 37.4 Å². The maximum Gasteiger partial charge on any atom is 0.310 e. The largest absolute Gasteiger partial charge is 0.497 e. The topological polar surface area (TPSA) is 110 Å². The normalized spacial score (nSPS) is 16.6. The number of nitrogens with zero attached hydrogens (tertiary/aromatic N) is 6. The molecule has 1 fully saturated rings. The van der Waals surface area contributed by atoms with Gasteiger partial charge in [-0.25, -0.2) is 0 Å². The zero-order valence-electron chi connectivity index (χ0n) is 22.9. The molecule has 1 aliphatic heterocycles. The number of nitriles is 1. The van der Waals surface area contributed by atoms with Crippen molar-refractivity contribution in [1.29, 1.82) is 5.26 Å². The maximum absolute atomic E-state index is 13.6. The summed E-state index contributed by atoms with van der Waals surface area (Å²) in [6, 6.07) is 16.4. The number of halogens is 5. The zero-order chi connectivity index (χ0) is 30.8. The van der Waals surface area contributed by atoms with E-state index in [-0.39, 0.29) is 44.3 Å². The molecule has 0 aliphatic carbocycles. The van der Waals surface area contributed by atoms with Crippen LogP contribution in [0.1, 0.15) is 29.9 Å². The predicted molar refractivity (Wildman–Crippen MR) is 148 cm³/mol. The lowest BCUT2D eigenvalue weighted by molar-refractivity contribution is 0.0898. The zero-order valence-corrected chi connectivity index (χ0v) is 23.7. The second-order valence-corrected chi connectivity index (χ2v) is 12.6. The molecule has 2 aromatic heterocycles. The van der Waals surface area contributed by atoms with Gasteiger partial charge in [-0.3, -0.25) is 0 Å². The monoisotopic (exact) mass is 622 g/mol. The summed E-state index contributed by atoms with van der Waals surface area (Å²) in [6.07, 6.45) is -0.122. The third kappa shape index (κ3) is 7.20. The fraction of sp³-hybridized carbons (Fsp3) is 0.321. The van der Waals surface area contributed by atoms with Crippen molar-refractivity contribution in [1.82, 2.24) is 20.4 Å². The third-order valence-corrected chi connectivity index (χ3v) is 8.42. The quantitative estimate of drug-likeness (QED) is 0.169. The Bertz CT molecular complexity index is 1620. The first-order valence-electron chi connectivity index (χ1n) is 13.1. The molecular formula is C28H27F5N6O3S. The minimum absolute atomic E-state index is 0.0889. The molecular weight excluding hydrogens is 595 g/mol. The first-order chi connectivity index (χ1) is 20.3. The molecule has 9 nitrogen and oxygen atoms in total. The van der Waals surface area contributed by atoms with Crippen LogP contribution < -0.4 is 9.64 Å². The van der Waals surface area contributed by atoms with Crippen LogP contribution in [0.15, 0.2) is 70.0 Å². The van der Waals surface area contributed by atoms with Crippen molar-refractivity contribution in [3.63, 3.8) is 0 Å². The van der Waals surface area contributed by atoms with Crippen LogP contribution >= 0.6 is 10.2 Å². The highest BCUT2D eigenvalue weighted by Gasteiger charge is 2.66. The summed E-state index contributed by atoms with van der Waals surface area (Å²) in [5.41, 5.74) is -0.543. The standard InChI is InChI=1S/C28H27F5N6O3S/c1-40-22-8-6-20(7-9-22)17-41-18-26-37-38-27(42-26)23-10-11-25(36-35-23)39-14-12-28(19-34,13-15-39)16-21-4-2-3-5-24(21)43(29,30,31,32)33/h2-11H,12-18H2,1H3. The van der Waals surface area contributed by atoms with Gasteiger partial charge in [0.25, 0.3) is 5.89 Å². The molecule has 15 heteroatoms. The number of methoxy groups -OCH3 is 1. The number of rotatable bonds is 10. The van der Waals surface area contributed by atoms with Gasteiger partial charge in [0, 0.05) is 13.1 Å². The summed E-state index contributed by atoms with van der Waals surface area (Å²) in [7, 11) is -8.33. The number of aromatic nitrogens is 4. The molecule has 0 bridgehead atoms. The number of ether oxygens (including phenoxy) is 2. The van der Waals surface area contributed by atoms with Crippen LogP contribution in [0, 0.1) is 16.7 Å². The molecule has 0 atom stereocenters. The van der Waals surface area contributed by atoms with Crippen LogP contribution in [-0.2, 0) is 24.4 Å². The van der Waals surface area contributed by atoms with Crippen molar-refractivity contribution < 1.29 is 33.3 Å². The highest BCUT2D eigenvalue weighted by Crippen LogP contribution is 3.02. The van der Waals surface area contributed by atoms with E-state index in [2.05, 4.69) is 26.5 Å². The summed E-state index contributed by atoms with van der Waals surface area (Å²) >= 11 is 0. The second-order valence-electron chi connectivity index (χ2n) is 10.3. The van der Waals surface area contributed by atoms with Gasteiger partial charge in [-0.2, -0.15) is 5.26 Å². The number of benzene rings is 2. The summed E-state index contributed by atoms with van der Waals surface area (Å²) < 4.78 is 84.6. The molecule has 3 heterocycles. The molecule has 0 N–H and O–H groups in total. The van der Waals surface area contributed by atoms with E-state index >= 15 is 0 Å². The van der Waals surface area contributed by atoms with E-state index in [1.807, 2.05) is 29.2 Å². The Balaban J connectivity index is 1.18. The molecule has 0 radical (unpaired) electrons. The fourth-order valence-electron chi connectivity index (χ4n) is 4.88. The Hall–Kier alpha value is -4.29. The van der Waals surface area contributed by atoms with Gasteiger partial charge >= 0.3 is 10.2 Å². The van der Waals surface area contributed by atoms with Gasteiger partial charge in [-0.15, -0.1) is 20.4 Å². The van der Waals surface area contributed by atoms with Crippen LogP contribution in [0.25, 0.3) is 11.6 Å². The number of hydrogen-bond acceptors (Lipinski definition) is 9. The molecule has 0 saturated carbocycles. The number of anilines is 1. The maximum atomic E-state index is 13.6. The first-order valence-corrected chi connectivity index (χ1v) is 15.1. The summed E-state index contributed by atoms with van der Waals surface area (Å²) in [6.45, 7) is 0.972. The van der Waals surface area contributed by atoms with Crippen LogP contribution in [0.5, 0.6) is 5.75 Å². The molecule has 0 amide bonds. The minimum Gasteiger partial charge on any atom is -0.497 e. The van der Waals surface area contributed by atoms with Gasteiger partial charge in [0.15, 0.2) is 5.82 Å². The van der Waals surface area contributed by atoms with Crippen molar-refractivity contribution in [2.75, 3.05) is 25.1 Å². The van der Waals surface area contributed by atoms with Crippen LogP contribution in [0.4, 0.5) is 25.2 Å². The fourth-order valence-corrected chi connectivity index (χ4v) is 5.86. The van der Waals surface area contributed by atoms with Crippen molar-refractivity contribution >= 4 is 16.0 Å². The molecule has 228 valence electrons. The molecule has 0 spiro atoms. The van der Waals surface area contributed by atoms with Crippen LogP contribution in [-0.4, -0.2) is 40.6 Å². The Morgan fingerprint density at radius 2 is 1.63 bits per heavy atom. The number of hydrogen-bond donors (Lipinski definition) is 0. The van der Waals surface area contributed by atoms with Gasteiger partial charge in [0.2, 0.25) is 5.89 Å². The van der Waals surface area contributed by atoms with Gasteiger partial charge < -0.3 is 18.8 Å². The van der Waals surface area contributed by atoms with E-state index in [0.29, 0.717) is 24.2 Å². The Labute approximate surface area is 244 Å². The highest BCUT2D eigenvalue weighted by molar-refractivity contribution is 8.45. The lowest BCUT2D eigenvalue weighted by atomic mass is 9.75. The molecule has 5 rings (SSSR count). The molecule has 1 aliphatic rings. The van der Waals surface area contributed by atoms with Crippen LogP contribution in [0.2, 0.25) is 0 Å². The van der Waals surface area contributed by atoms with Gasteiger partial charge in [0.05, 0.1) is 25.2 Å². The van der Waals surface area contributed by atoms with Crippen LogP contribution in [0.3, 0.4) is 0 Å². The lowest BCUT2D eigenvalue weighted by Gasteiger charge is -2.43. The first kappa shape index (κ1) is 30.2. The SMILES string of the molecule is COc1ccc(COCc2nnc(-c3ccc(N4CCC(C#N)(Cc5ccccc5S(F)(F)(F)(F)F)CC4)nn3)o2)cc1. The minimum atomic E-state index is -9.92. The van der Waals surface area contributed by atoms with E-state index in [1.54, 1.807) is 19.2 Å². The molecule has 2 aromatic carbocycles. The van der Waals surface area contributed by atoms with Gasteiger partial charge in [-0.05, 0) is 60.7 Å². The Kier molecular flexibility index (Phi) is 7.55. The highest BCUT2D eigenvalue weighted by atomic mass is 32.5. The van der Waals surface area contributed by atoms with E-state index in [9.17, 15) is 24.7 Å². The van der Waals surface area contributed by atoms with E-state index in [4.69, 9.17) is 13.9 Å². The van der Waals surface area contributed by atoms with Crippen molar-refractivity contribution in [3.8, 4) is 23.4 Å². The lowest BCUT2D eigenvalue weighted by Crippen LogP contribution is -2.41. The Morgan fingerprint density at radius 3 is 2.26 bits per heavy atom. The van der Waals surface area contributed by atoms with Gasteiger partial charge in [-0.1, -0.05) is 49.8 Å². The number of piperidine rings is 1. The summed E-state index contributed by atoms with van der Waals surface area (Å²) in [5.74, 6) is 1.62. The molecule has 43 heavy (non-hydrogen) atoms. The van der Waals surface area contributed by atoms with Crippen molar-refractivity contribution in [2.24, 2.45) is 5.41 Å². The molecule has 1 saturated heterocycles. The smallest absolute Gasteiger partial charge is 0.310 e. The van der Waals surface area contributed by atoms with E-state index in [1.165, 1.54) is 6.07 Å². The van der Waals surface area contributed by atoms with Crippen molar-refractivity contribution in [3.05, 3.63) is 77.7 Å².